The predicted octanol–water partition coefficient (Wildman–Crippen LogP) is 2.35. The third kappa shape index (κ3) is 3.11. The second-order valence-electron chi connectivity index (χ2n) is 8.18. The topological polar surface area (TPSA) is 26.8 Å². The number of benzene rings is 1. The molecule has 0 aromatic heterocycles. The third-order valence-electron chi connectivity index (χ3n) is 6.63. The van der Waals surface area contributed by atoms with Crippen LogP contribution in [0.15, 0.2) is 30.3 Å². The second-order valence-corrected chi connectivity index (χ2v) is 8.18. The third-order valence-corrected chi connectivity index (χ3v) is 6.63. The standard InChI is InChI=1S/C21H31N3O/c1-3-24(18-9-13-22(2)14-10-18)19-15-23(16-19)20(25)21(11-12-21)17-7-5-4-6-8-17/h4-8,18-19H,3,9-16H2,1-2H3. The molecule has 0 bridgehead atoms. The molecular weight excluding hydrogens is 310 g/mol. The van der Waals surface area contributed by atoms with E-state index in [-0.39, 0.29) is 5.41 Å². The Labute approximate surface area is 151 Å². The van der Waals surface area contributed by atoms with Gasteiger partial charge in [-0.15, -0.1) is 0 Å². The minimum absolute atomic E-state index is 0.198. The van der Waals surface area contributed by atoms with Crippen molar-refractivity contribution in [2.75, 3.05) is 39.8 Å². The lowest BCUT2D eigenvalue weighted by molar-refractivity contribution is -0.142. The van der Waals surface area contributed by atoms with Crippen molar-refractivity contribution >= 4 is 5.91 Å². The van der Waals surface area contributed by atoms with E-state index in [0.717, 1.165) is 32.5 Å². The van der Waals surface area contributed by atoms with Crippen LogP contribution in [0.3, 0.4) is 0 Å². The Kier molecular flexibility index (Phi) is 4.59. The first kappa shape index (κ1) is 17.0. The number of likely N-dealkylation sites (N-methyl/N-ethyl adjacent to an activating group) is 1. The largest absolute Gasteiger partial charge is 0.339 e. The van der Waals surface area contributed by atoms with Crippen molar-refractivity contribution < 1.29 is 4.79 Å². The maximum atomic E-state index is 13.1. The Balaban J connectivity index is 1.36. The van der Waals surface area contributed by atoms with E-state index in [1.807, 2.05) is 6.07 Å². The van der Waals surface area contributed by atoms with E-state index in [1.54, 1.807) is 0 Å². The molecule has 3 fully saturated rings. The monoisotopic (exact) mass is 341 g/mol. The highest BCUT2D eigenvalue weighted by molar-refractivity contribution is 5.92. The van der Waals surface area contributed by atoms with Gasteiger partial charge in [0.15, 0.2) is 0 Å². The summed E-state index contributed by atoms with van der Waals surface area (Å²) >= 11 is 0. The zero-order chi connectivity index (χ0) is 17.4. The Morgan fingerprint density at radius 2 is 1.76 bits per heavy atom. The molecule has 4 rings (SSSR count). The molecule has 2 saturated heterocycles. The molecule has 1 aliphatic carbocycles. The van der Waals surface area contributed by atoms with Crippen molar-refractivity contribution in [1.82, 2.24) is 14.7 Å². The number of rotatable bonds is 5. The lowest BCUT2D eigenvalue weighted by Gasteiger charge is -2.50. The maximum absolute atomic E-state index is 13.1. The lowest BCUT2D eigenvalue weighted by atomic mass is 9.91. The van der Waals surface area contributed by atoms with Gasteiger partial charge in [0, 0.05) is 25.2 Å². The van der Waals surface area contributed by atoms with Crippen LogP contribution in [-0.4, -0.2) is 72.5 Å². The van der Waals surface area contributed by atoms with Gasteiger partial charge < -0.3 is 9.80 Å². The zero-order valence-electron chi connectivity index (χ0n) is 15.7. The molecule has 4 nitrogen and oxygen atoms in total. The number of carbonyl (C=O) groups excluding carboxylic acids is 1. The van der Waals surface area contributed by atoms with Crippen molar-refractivity contribution in [1.29, 1.82) is 0 Å². The number of nitrogens with zero attached hydrogens (tertiary/aromatic N) is 3. The second kappa shape index (κ2) is 6.73. The highest BCUT2D eigenvalue weighted by atomic mass is 16.2. The molecule has 0 unspecified atom stereocenters. The number of likely N-dealkylation sites (tertiary alicyclic amines) is 2. The summed E-state index contributed by atoms with van der Waals surface area (Å²) in [7, 11) is 2.22. The van der Waals surface area contributed by atoms with Gasteiger partial charge in [-0.2, -0.15) is 0 Å². The lowest BCUT2D eigenvalue weighted by Crippen LogP contribution is -2.65. The molecule has 136 valence electrons. The summed E-state index contributed by atoms with van der Waals surface area (Å²) in [6.45, 7) is 7.63. The Morgan fingerprint density at radius 3 is 2.32 bits per heavy atom. The van der Waals surface area contributed by atoms with Crippen LogP contribution in [0.1, 0.15) is 38.2 Å². The maximum Gasteiger partial charge on any atom is 0.233 e. The van der Waals surface area contributed by atoms with E-state index < -0.39 is 0 Å². The van der Waals surface area contributed by atoms with E-state index in [2.05, 4.69) is 52.9 Å². The first-order chi connectivity index (χ1) is 12.1. The van der Waals surface area contributed by atoms with Crippen molar-refractivity contribution in [2.45, 2.75) is 50.1 Å². The summed E-state index contributed by atoms with van der Waals surface area (Å²) in [4.78, 5) is 20.3. The minimum atomic E-state index is -0.198. The molecule has 0 spiro atoms. The van der Waals surface area contributed by atoms with Gasteiger partial charge >= 0.3 is 0 Å². The molecule has 0 atom stereocenters. The van der Waals surface area contributed by atoms with E-state index in [0.29, 0.717) is 18.0 Å². The van der Waals surface area contributed by atoms with Crippen LogP contribution in [-0.2, 0) is 10.2 Å². The molecule has 25 heavy (non-hydrogen) atoms. The molecule has 0 radical (unpaired) electrons. The van der Waals surface area contributed by atoms with E-state index in [9.17, 15) is 4.79 Å². The van der Waals surface area contributed by atoms with Gasteiger partial charge in [0.05, 0.1) is 5.41 Å². The quantitative estimate of drug-likeness (QED) is 0.822. The van der Waals surface area contributed by atoms with E-state index in [1.165, 1.54) is 31.5 Å². The van der Waals surface area contributed by atoms with Crippen LogP contribution < -0.4 is 0 Å². The van der Waals surface area contributed by atoms with Crippen LogP contribution in [0.4, 0.5) is 0 Å². The first-order valence-electron chi connectivity index (χ1n) is 9.93. The molecule has 2 aliphatic heterocycles. The molecule has 3 aliphatic rings. The van der Waals surface area contributed by atoms with Crippen molar-refractivity contribution in [2.24, 2.45) is 0 Å². The Bertz CT molecular complexity index is 599. The summed E-state index contributed by atoms with van der Waals surface area (Å²) in [6, 6.07) is 11.7. The van der Waals surface area contributed by atoms with Gasteiger partial charge in [-0.1, -0.05) is 37.3 Å². The highest BCUT2D eigenvalue weighted by Gasteiger charge is 2.55. The van der Waals surface area contributed by atoms with Crippen molar-refractivity contribution in [3.8, 4) is 0 Å². The van der Waals surface area contributed by atoms with Crippen LogP contribution in [0.2, 0.25) is 0 Å². The van der Waals surface area contributed by atoms with Crippen molar-refractivity contribution in [3.05, 3.63) is 35.9 Å². The highest BCUT2D eigenvalue weighted by Crippen LogP contribution is 2.50. The van der Waals surface area contributed by atoms with Gasteiger partial charge in [-0.3, -0.25) is 9.69 Å². The molecule has 2 heterocycles. The molecule has 1 aromatic rings. The zero-order valence-corrected chi connectivity index (χ0v) is 15.7. The van der Waals surface area contributed by atoms with E-state index >= 15 is 0 Å². The molecule has 1 saturated carbocycles. The van der Waals surface area contributed by atoms with Gasteiger partial charge in [0.25, 0.3) is 0 Å². The van der Waals surface area contributed by atoms with Gasteiger partial charge in [0.2, 0.25) is 5.91 Å². The minimum Gasteiger partial charge on any atom is -0.339 e. The molecule has 4 heteroatoms. The normalized spacial score (nSPS) is 24.4. The number of amides is 1. The Hall–Kier alpha value is -1.39. The van der Waals surface area contributed by atoms with Crippen LogP contribution >= 0.6 is 0 Å². The fourth-order valence-corrected chi connectivity index (χ4v) is 4.78. The summed E-state index contributed by atoms with van der Waals surface area (Å²) in [5.41, 5.74) is 1.02. The average Bonchev–Trinajstić information content (AvgIpc) is 3.41. The molecule has 1 amide bonds. The fourth-order valence-electron chi connectivity index (χ4n) is 4.78. The van der Waals surface area contributed by atoms with Crippen molar-refractivity contribution in [3.63, 3.8) is 0 Å². The number of hydrogen-bond acceptors (Lipinski definition) is 3. The van der Waals surface area contributed by atoms with Gasteiger partial charge in [0.1, 0.15) is 0 Å². The summed E-state index contributed by atoms with van der Waals surface area (Å²) in [6.07, 6.45) is 4.57. The van der Waals surface area contributed by atoms with E-state index in [4.69, 9.17) is 0 Å². The van der Waals surface area contributed by atoms with Crippen LogP contribution in [0.5, 0.6) is 0 Å². The van der Waals surface area contributed by atoms with Gasteiger partial charge in [-0.25, -0.2) is 0 Å². The van der Waals surface area contributed by atoms with Crippen LogP contribution in [0, 0.1) is 0 Å². The smallest absolute Gasteiger partial charge is 0.233 e. The SMILES string of the molecule is CCN(C1CCN(C)CC1)C1CN(C(=O)C2(c3ccccc3)CC2)C1. The molecule has 0 N–H and O–H groups in total. The molecule has 1 aromatic carbocycles. The summed E-state index contributed by atoms with van der Waals surface area (Å²) in [5.74, 6) is 0.370. The fraction of sp³-hybridized carbons (Fsp3) is 0.667. The summed E-state index contributed by atoms with van der Waals surface area (Å²) < 4.78 is 0. The number of hydrogen-bond donors (Lipinski definition) is 0. The molecular formula is C21H31N3O. The van der Waals surface area contributed by atoms with Gasteiger partial charge in [-0.05, 0) is 57.9 Å². The number of carbonyl (C=O) groups is 1. The number of piperidine rings is 1. The predicted molar refractivity (Wildman–Crippen MR) is 101 cm³/mol. The Morgan fingerprint density at radius 1 is 1.12 bits per heavy atom. The summed E-state index contributed by atoms with van der Waals surface area (Å²) in [5, 5.41) is 0. The van der Waals surface area contributed by atoms with Crippen LogP contribution in [0.25, 0.3) is 0 Å². The average molecular weight is 341 g/mol. The first-order valence-corrected chi connectivity index (χ1v) is 9.93.